The lowest BCUT2D eigenvalue weighted by molar-refractivity contribution is 0.0607. The van der Waals surface area contributed by atoms with Crippen LogP contribution in [-0.2, 0) is 10.0 Å². The van der Waals surface area contributed by atoms with Gasteiger partial charge in [0.1, 0.15) is 0 Å². The molecule has 2 aliphatic rings. The number of amides is 1. The Balaban J connectivity index is 0.00000261. The van der Waals surface area contributed by atoms with Gasteiger partial charge in [-0.1, -0.05) is 0 Å². The van der Waals surface area contributed by atoms with Crippen molar-refractivity contribution < 1.29 is 13.2 Å². The Bertz CT molecular complexity index is 749. The number of carbonyl (C=O) groups is 1. The maximum Gasteiger partial charge on any atom is 0.253 e. The highest BCUT2D eigenvalue weighted by Crippen LogP contribution is 2.37. The molecule has 2 saturated heterocycles. The van der Waals surface area contributed by atoms with E-state index < -0.39 is 10.0 Å². The molecule has 1 amide bonds. The molecule has 1 aromatic carbocycles. The molecule has 2 aliphatic heterocycles. The summed E-state index contributed by atoms with van der Waals surface area (Å²) in [5.41, 5.74) is 0.924. The molecule has 0 unspecified atom stereocenters. The SMILES string of the molecule is CC(C)N(C)S(=O)(=O)c1ccc(C(=O)N2CCC3(CCNC3)CC2)cc1.Cl. The summed E-state index contributed by atoms with van der Waals surface area (Å²) in [6.07, 6.45) is 3.28. The predicted molar refractivity (Wildman–Crippen MR) is 109 cm³/mol. The predicted octanol–water partition coefficient (Wildman–Crippen LogP) is 2.35. The van der Waals surface area contributed by atoms with E-state index in [9.17, 15) is 13.2 Å². The lowest BCUT2D eigenvalue weighted by Crippen LogP contribution is -2.44. The van der Waals surface area contributed by atoms with Gasteiger partial charge in [0.25, 0.3) is 5.91 Å². The van der Waals surface area contributed by atoms with Crippen molar-refractivity contribution in [1.82, 2.24) is 14.5 Å². The van der Waals surface area contributed by atoms with Gasteiger partial charge < -0.3 is 10.2 Å². The molecule has 0 radical (unpaired) electrons. The summed E-state index contributed by atoms with van der Waals surface area (Å²) < 4.78 is 26.4. The van der Waals surface area contributed by atoms with Gasteiger partial charge in [0.05, 0.1) is 4.90 Å². The van der Waals surface area contributed by atoms with E-state index in [0.717, 1.165) is 39.0 Å². The topological polar surface area (TPSA) is 69.7 Å². The average molecular weight is 416 g/mol. The number of sulfonamides is 1. The molecule has 152 valence electrons. The zero-order chi connectivity index (χ0) is 18.9. The molecule has 2 fully saturated rings. The second kappa shape index (κ2) is 8.47. The fraction of sp³-hybridized carbons (Fsp3) is 0.632. The number of hydrogen-bond donors (Lipinski definition) is 1. The number of benzene rings is 1. The fourth-order valence-corrected chi connectivity index (χ4v) is 5.17. The molecule has 1 spiro atoms. The van der Waals surface area contributed by atoms with E-state index in [1.54, 1.807) is 19.2 Å². The van der Waals surface area contributed by atoms with E-state index >= 15 is 0 Å². The number of likely N-dealkylation sites (tertiary alicyclic amines) is 1. The lowest BCUT2D eigenvalue weighted by Gasteiger charge is -2.38. The van der Waals surface area contributed by atoms with E-state index in [-0.39, 0.29) is 29.3 Å². The monoisotopic (exact) mass is 415 g/mol. The zero-order valence-electron chi connectivity index (χ0n) is 16.3. The van der Waals surface area contributed by atoms with Crippen LogP contribution >= 0.6 is 12.4 Å². The average Bonchev–Trinajstić information content (AvgIpc) is 3.09. The standard InChI is InChI=1S/C19H29N3O3S.ClH/c1-15(2)21(3)26(24,25)17-6-4-16(5-7-17)18(23)22-12-9-19(10-13-22)8-11-20-14-19;/h4-7,15,20H,8-14H2,1-3H3;1H. The van der Waals surface area contributed by atoms with Gasteiger partial charge in [0, 0.05) is 38.3 Å². The largest absolute Gasteiger partial charge is 0.339 e. The number of hydrogen-bond acceptors (Lipinski definition) is 4. The highest BCUT2D eigenvalue weighted by atomic mass is 35.5. The van der Waals surface area contributed by atoms with Crippen LogP contribution in [0.5, 0.6) is 0 Å². The minimum absolute atomic E-state index is 0. The normalized spacial score (nSPS) is 19.5. The number of halogens is 1. The van der Waals surface area contributed by atoms with Crippen LogP contribution in [0.2, 0.25) is 0 Å². The van der Waals surface area contributed by atoms with E-state index in [2.05, 4.69) is 5.32 Å². The summed E-state index contributed by atoms with van der Waals surface area (Å²) >= 11 is 0. The maximum atomic E-state index is 12.8. The summed E-state index contributed by atoms with van der Waals surface area (Å²) in [6, 6.07) is 6.21. The van der Waals surface area contributed by atoms with E-state index in [0.29, 0.717) is 11.0 Å². The molecule has 0 aromatic heterocycles. The molecule has 2 heterocycles. The third kappa shape index (κ3) is 4.47. The highest BCUT2D eigenvalue weighted by Gasteiger charge is 2.38. The van der Waals surface area contributed by atoms with E-state index in [1.807, 2.05) is 18.7 Å². The van der Waals surface area contributed by atoms with Crippen molar-refractivity contribution in [2.75, 3.05) is 33.2 Å². The van der Waals surface area contributed by atoms with Gasteiger partial charge in [-0.2, -0.15) is 4.31 Å². The Labute approximate surface area is 168 Å². The van der Waals surface area contributed by atoms with Crippen molar-refractivity contribution in [3.63, 3.8) is 0 Å². The Morgan fingerprint density at radius 2 is 1.74 bits per heavy atom. The molecule has 1 N–H and O–H groups in total. The molecular weight excluding hydrogens is 386 g/mol. The molecule has 6 nitrogen and oxygen atoms in total. The first kappa shape index (κ1) is 22.1. The Kier molecular flexibility index (Phi) is 6.95. The number of nitrogens with one attached hydrogen (secondary N) is 1. The Morgan fingerprint density at radius 3 is 2.22 bits per heavy atom. The second-order valence-electron chi connectivity index (χ2n) is 7.86. The van der Waals surface area contributed by atoms with Crippen LogP contribution in [0.1, 0.15) is 43.5 Å². The summed E-state index contributed by atoms with van der Waals surface area (Å²) in [5, 5.41) is 3.43. The summed E-state index contributed by atoms with van der Waals surface area (Å²) in [7, 11) is -1.95. The van der Waals surface area contributed by atoms with Crippen LogP contribution in [0, 0.1) is 5.41 Å². The van der Waals surface area contributed by atoms with Crippen LogP contribution in [0.3, 0.4) is 0 Å². The maximum absolute atomic E-state index is 12.8. The molecule has 1 aromatic rings. The van der Waals surface area contributed by atoms with Crippen molar-refractivity contribution in [2.24, 2.45) is 5.41 Å². The third-order valence-electron chi connectivity index (χ3n) is 5.95. The lowest BCUT2D eigenvalue weighted by atomic mass is 9.78. The van der Waals surface area contributed by atoms with Crippen LogP contribution < -0.4 is 5.32 Å². The minimum atomic E-state index is -3.52. The van der Waals surface area contributed by atoms with Gasteiger partial charge in [0.2, 0.25) is 10.0 Å². The molecular formula is C19H30ClN3O3S. The van der Waals surface area contributed by atoms with E-state index in [4.69, 9.17) is 0 Å². The smallest absolute Gasteiger partial charge is 0.253 e. The number of nitrogens with zero attached hydrogens (tertiary/aromatic N) is 2. The highest BCUT2D eigenvalue weighted by molar-refractivity contribution is 7.89. The van der Waals surface area contributed by atoms with Gasteiger partial charge in [-0.25, -0.2) is 8.42 Å². The first-order chi connectivity index (χ1) is 12.3. The summed E-state index contributed by atoms with van der Waals surface area (Å²) in [4.78, 5) is 14.9. The van der Waals surface area contributed by atoms with Gasteiger partial charge in [-0.15, -0.1) is 12.4 Å². The van der Waals surface area contributed by atoms with Crippen molar-refractivity contribution in [1.29, 1.82) is 0 Å². The third-order valence-corrected chi connectivity index (χ3v) is 8.00. The molecule has 0 saturated carbocycles. The van der Waals surface area contributed by atoms with Crippen LogP contribution in [0.25, 0.3) is 0 Å². The molecule has 27 heavy (non-hydrogen) atoms. The van der Waals surface area contributed by atoms with E-state index in [1.165, 1.54) is 22.9 Å². The van der Waals surface area contributed by atoms with Gasteiger partial charge in [-0.3, -0.25) is 4.79 Å². The second-order valence-corrected chi connectivity index (χ2v) is 9.86. The first-order valence-electron chi connectivity index (χ1n) is 9.33. The summed E-state index contributed by atoms with van der Waals surface area (Å²) in [6.45, 7) is 7.35. The van der Waals surface area contributed by atoms with Crippen LogP contribution in [0.15, 0.2) is 29.2 Å². The molecule has 0 aliphatic carbocycles. The number of carbonyl (C=O) groups excluding carboxylic acids is 1. The van der Waals surface area contributed by atoms with Gasteiger partial charge in [0.15, 0.2) is 0 Å². The van der Waals surface area contributed by atoms with Crippen molar-refractivity contribution in [3.8, 4) is 0 Å². The van der Waals surface area contributed by atoms with Crippen LogP contribution in [-0.4, -0.2) is 62.8 Å². The Morgan fingerprint density at radius 1 is 1.15 bits per heavy atom. The number of piperidine rings is 1. The molecule has 3 rings (SSSR count). The Hall–Kier alpha value is -1.15. The summed E-state index contributed by atoms with van der Waals surface area (Å²) in [5.74, 6) is -0.00744. The van der Waals surface area contributed by atoms with Crippen LogP contribution in [0.4, 0.5) is 0 Å². The molecule has 8 heteroatoms. The zero-order valence-corrected chi connectivity index (χ0v) is 17.9. The van der Waals surface area contributed by atoms with Gasteiger partial charge >= 0.3 is 0 Å². The number of rotatable bonds is 4. The molecule has 0 bridgehead atoms. The quantitative estimate of drug-likeness (QED) is 0.819. The van der Waals surface area contributed by atoms with Crippen molar-refractivity contribution in [2.45, 2.75) is 44.0 Å². The minimum Gasteiger partial charge on any atom is -0.339 e. The fourth-order valence-electron chi connectivity index (χ4n) is 3.80. The van der Waals surface area contributed by atoms with Gasteiger partial charge in [-0.05, 0) is 69.3 Å². The van der Waals surface area contributed by atoms with Crippen molar-refractivity contribution >= 4 is 28.3 Å². The van der Waals surface area contributed by atoms with Crippen molar-refractivity contribution in [3.05, 3.63) is 29.8 Å². The molecule has 0 atom stereocenters. The first-order valence-corrected chi connectivity index (χ1v) is 10.8.